The first-order valence-electron chi connectivity index (χ1n) is 5.51. The normalized spacial score (nSPS) is 10.5. The summed E-state index contributed by atoms with van der Waals surface area (Å²) in [6.07, 6.45) is 1.77. The first-order valence-corrected chi connectivity index (χ1v) is 5.51. The summed E-state index contributed by atoms with van der Waals surface area (Å²) in [6.45, 7) is 0.683. The van der Waals surface area contributed by atoms with E-state index in [1.807, 2.05) is 36.2 Å². The summed E-state index contributed by atoms with van der Waals surface area (Å²) in [4.78, 5) is 6.29. The standard InChI is InChI=1S/C13H16N2O2/c1-15(7-8-16)13-12-4-3-11(17-2)9-10(12)5-6-14-13/h3-6,9,16H,7-8H2,1-2H3. The molecule has 0 saturated carbocycles. The van der Waals surface area contributed by atoms with Gasteiger partial charge >= 0.3 is 0 Å². The van der Waals surface area contributed by atoms with Crippen LogP contribution in [0.5, 0.6) is 5.75 Å². The van der Waals surface area contributed by atoms with Crippen molar-refractivity contribution in [1.82, 2.24) is 4.98 Å². The van der Waals surface area contributed by atoms with Gasteiger partial charge in [0.05, 0.1) is 13.7 Å². The Kier molecular flexibility index (Phi) is 3.44. The van der Waals surface area contributed by atoms with Gasteiger partial charge in [-0.2, -0.15) is 0 Å². The number of nitrogens with zero attached hydrogens (tertiary/aromatic N) is 2. The lowest BCUT2D eigenvalue weighted by molar-refractivity contribution is 0.304. The number of anilines is 1. The van der Waals surface area contributed by atoms with E-state index in [0.717, 1.165) is 22.3 Å². The number of rotatable bonds is 4. The number of aromatic nitrogens is 1. The van der Waals surface area contributed by atoms with E-state index < -0.39 is 0 Å². The molecule has 0 aliphatic carbocycles. The molecule has 0 saturated heterocycles. The van der Waals surface area contributed by atoms with E-state index in [4.69, 9.17) is 9.84 Å². The van der Waals surface area contributed by atoms with Crippen LogP contribution in [0.3, 0.4) is 0 Å². The number of benzene rings is 1. The second-order valence-electron chi connectivity index (χ2n) is 3.87. The molecule has 17 heavy (non-hydrogen) atoms. The molecular formula is C13H16N2O2. The summed E-state index contributed by atoms with van der Waals surface area (Å²) in [5, 5.41) is 11.1. The highest BCUT2D eigenvalue weighted by atomic mass is 16.5. The predicted octanol–water partition coefficient (Wildman–Crippen LogP) is 1.67. The maximum absolute atomic E-state index is 8.96. The molecule has 2 rings (SSSR count). The lowest BCUT2D eigenvalue weighted by atomic mass is 10.1. The Hall–Kier alpha value is -1.81. The Bertz CT molecular complexity index is 514. The summed E-state index contributed by atoms with van der Waals surface area (Å²) >= 11 is 0. The van der Waals surface area contributed by atoms with E-state index in [1.54, 1.807) is 13.3 Å². The molecule has 0 atom stereocenters. The van der Waals surface area contributed by atoms with Crippen molar-refractivity contribution in [2.24, 2.45) is 0 Å². The van der Waals surface area contributed by atoms with Gasteiger partial charge < -0.3 is 14.7 Å². The Morgan fingerprint density at radius 2 is 2.18 bits per heavy atom. The van der Waals surface area contributed by atoms with Crippen LogP contribution in [0.4, 0.5) is 5.82 Å². The van der Waals surface area contributed by atoms with Gasteiger partial charge in [0, 0.05) is 25.2 Å². The molecule has 1 heterocycles. The minimum Gasteiger partial charge on any atom is -0.497 e. The smallest absolute Gasteiger partial charge is 0.136 e. The molecule has 0 unspecified atom stereocenters. The zero-order chi connectivity index (χ0) is 12.3. The number of pyridine rings is 1. The van der Waals surface area contributed by atoms with Crippen molar-refractivity contribution in [3.8, 4) is 5.75 Å². The minimum atomic E-state index is 0.116. The van der Waals surface area contributed by atoms with Gasteiger partial charge in [-0.3, -0.25) is 0 Å². The highest BCUT2D eigenvalue weighted by molar-refractivity contribution is 5.92. The van der Waals surface area contributed by atoms with Crippen LogP contribution < -0.4 is 9.64 Å². The van der Waals surface area contributed by atoms with Crippen molar-refractivity contribution in [2.45, 2.75) is 0 Å². The molecule has 0 aliphatic heterocycles. The fourth-order valence-corrected chi connectivity index (χ4v) is 1.83. The molecule has 4 nitrogen and oxygen atoms in total. The third kappa shape index (κ3) is 2.31. The molecule has 0 aliphatic rings. The van der Waals surface area contributed by atoms with Crippen LogP contribution in [-0.4, -0.2) is 37.4 Å². The van der Waals surface area contributed by atoms with Crippen molar-refractivity contribution >= 4 is 16.6 Å². The maximum atomic E-state index is 8.96. The number of likely N-dealkylation sites (N-methyl/N-ethyl adjacent to an activating group) is 1. The van der Waals surface area contributed by atoms with E-state index in [1.165, 1.54) is 0 Å². The van der Waals surface area contributed by atoms with E-state index in [0.29, 0.717) is 6.54 Å². The second-order valence-corrected chi connectivity index (χ2v) is 3.87. The molecular weight excluding hydrogens is 216 g/mol. The molecule has 2 aromatic rings. The second kappa shape index (κ2) is 5.01. The highest BCUT2D eigenvalue weighted by Crippen LogP contribution is 2.26. The molecule has 0 spiro atoms. The lowest BCUT2D eigenvalue weighted by Crippen LogP contribution is -2.22. The van der Waals surface area contributed by atoms with Crippen LogP contribution in [0, 0.1) is 0 Å². The summed E-state index contributed by atoms with van der Waals surface area (Å²) in [7, 11) is 3.57. The van der Waals surface area contributed by atoms with Gasteiger partial charge in [-0.05, 0) is 29.7 Å². The van der Waals surface area contributed by atoms with E-state index in [-0.39, 0.29) is 6.61 Å². The molecule has 90 valence electrons. The maximum Gasteiger partial charge on any atom is 0.136 e. The quantitative estimate of drug-likeness (QED) is 0.871. The Morgan fingerprint density at radius 1 is 1.35 bits per heavy atom. The molecule has 0 fully saturated rings. The fourth-order valence-electron chi connectivity index (χ4n) is 1.83. The van der Waals surface area contributed by atoms with Crippen molar-refractivity contribution in [2.75, 3.05) is 32.2 Å². The van der Waals surface area contributed by atoms with Gasteiger partial charge in [-0.1, -0.05) is 0 Å². The minimum absolute atomic E-state index is 0.116. The van der Waals surface area contributed by atoms with E-state index in [2.05, 4.69) is 4.98 Å². The average molecular weight is 232 g/mol. The number of aliphatic hydroxyl groups excluding tert-OH is 1. The summed E-state index contributed by atoms with van der Waals surface area (Å²) in [6, 6.07) is 7.84. The molecule has 0 bridgehead atoms. The van der Waals surface area contributed by atoms with Crippen molar-refractivity contribution in [1.29, 1.82) is 0 Å². The summed E-state index contributed by atoms with van der Waals surface area (Å²) in [5.41, 5.74) is 0. The third-order valence-electron chi connectivity index (χ3n) is 2.75. The Balaban J connectivity index is 2.50. The van der Waals surface area contributed by atoms with Gasteiger partial charge in [0.25, 0.3) is 0 Å². The van der Waals surface area contributed by atoms with Crippen LogP contribution in [0.1, 0.15) is 0 Å². The van der Waals surface area contributed by atoms with Crippen LogP contribution in [0.2, 0.25) is 0 Å². The number of methoxy groups -OCH3 is 1. The Morgan fingerprint density at radius 3 is 2.88 bits per heavy atom. The number of ether oxygens (including phenoxy) is 1. The first kappa shape index (κ1) is 11.7. The van der Waals surface area contributed by atoms with Crippen LogP contribution in [-0.2, 0) is 0 Å². The zero-order valence-corrected chi connectivity index (χ0v) is 10.1. The number of hydrogen-bond donors (Lipinski definition) is 1. The fraction of sp³-hybridized carbons (Fsp3) is 0.308. The molecule has 1 aromatic carbocycles. The van der Waals surface area contributed by atoms with Gasteiger partial charge in [0.15, 0.2) is 0 Å². The summed E-state index contributed by atoms with van der Waals surface area (Å²) < 4.78 is 5.20. The monoisotopic (exact) mass is 232 g/mol. The molecule has 0 amide bonds. The van der Waals surface area contributed by atoms with Gasteiger partial charge in [0.1, 0.15) is 11.6 Å². The van der Waals surface area contributed by atoms with Crippen LogP contribution in [0.15, 0.2) is 30.5 Å². The van der Waals surface area contributed by atoms with Gasteiger partial charge in [0.2, 0.25) is 0 Å². The zero-order valence-electron chi connectivity index (χ0n) is 10.1. The van der Waals surface area contributed by atoms with E-state index >= 15 is 0 Å². The van der Waals surface area contributed by atoms with Crippen molar-refractivity contribution in [3.63, 3.8) is 0 Å². The topological polar surface area (TPSA) is 45.6 Å². The molecule has 1 N–H and O–H groups in total. The number of fused-ring (bicyclic) bond motifs is 1. The average Bonchev–Trinajstić information content (AvgIpc) is 2.37. The lowest BCUT2D eigenvalue weighted by Gasteiger charge is -2.18. The molecule has 0 radical (unpaired) electrons. The predicted molar refractivity (Wildman–Crippen MR) is 68.7 cm³/mol. The van der Waals surface area contributed by atoms with Gasteiger partial charge in [-0.15, -0.1) is 0 Å². The number of aliphatic hydroxyl groups is 1. The SMILES string of the molecule is COc1ccc2c(N(C)CCO)nccc2c1. The first-order chi connectivity index (χ1) is 8.26. The highest BCUT2D eigenvalue weighted by Gasteiger charge is 2.07. The van der Waals surface area contributed by atoms with Crippen molar-refractivity contribution in [3.05, 3.63) is 30.5 Å². The van der Waals surface area contributed by atoms with Crippen LogP contribution >= 0.6 is 0 Å². The van der Waals surface area contributed by atoms with E-state index in [9.17, 15) is 0 Å². The van der Waals surface area contributed by atoms with Gasteiger partial charge in [-0.25, -0.2) is 4.98 Å². The molecule has 1 aromatic heterocycles. The largest absolute Gasteiger partial charge is 0.497 e. The van der Waals surface area contributed by atoms with Crippen LogP contribution in [0.25, 0.3) is 10.8 Å². The third-order valence-corrected chi connectivity index (χ3v) is 2.75. The number of hydrogen-bond acceptors (Lipinski definition) is 4. The Labute approximate surface area is 100 Å². The summed E-state index contributed by atoms with van der Waals surface area (Å²) in [5.74, 6) is 1.71. The van der Waals surface area contributed by atoms with Crippen molar-refractivity contribution < 1.29 is 9.84 Å². The molecule has 4 heteroatoms.